The van der Waals surface area contributed by atoms with Crippen molar-refractivity contribution < 1.29 is 33.7 Å². The van der Waals surface area contributed by atoms with Crippen LogP contribution in [0.1, 0.15) is 34.1 Å². The van der Waals surface area contributed by atoms with Gasteiger partial charge in [-0.2, -0.15) is 0 Å². The third kappa shape index (κ3) is 6.48. The van der Waals surface area contributed by atoms with Gasteiger partial charge in [0.2, 0.25) is 0 Å². The highest BCUT2D eigenvalue weighted by Crippen LogP contribution is 2.24. The standard InChI is InChI=1S/C16H22O7/c1-7-16(21-13(18)10(2)3,22-14(19)11(4)5)23-15(20)12(6)8-9-17/h8,17H,2,4,7,9H2,1,3,5-6H3/b12-8+. The Morgan fingerprint density at radius 3 is 1.65 bits per heavy atom. The Morgan fingerprint density at radius 1 is 0.957 bits per heavy atom. The quantitative estimate of drug-likeness (QED) is 0.412. The Morgan fingerprint density at radius 2 is 1.35 bits per heavy atom. The highest BCUT2D eigenvalue weighted by Gasteiger charge is 2.42. The summed E-state index contributed by atoms with van der Waals surface area (Å²) in [5.41, 5.74) is 0.129. The summed E-state index contributed by atoms with van der Waals surface area (Å²) in [6.07, 6.45) is 1.05. The molecule has 128 valence electrons. The monoisotopic (exact) mass is 326 g/mol. The van der Waals surface area contributed by atoms with Crippen LogP contribution in [0.15, 0.2) is 36.0 Å². The molecule has 0 bridgehead atoms. The van der Waals surface area contributed by atoms with Gasteiger partial charge in [0.1, 0.15) is 0 Å². The zero-order chi connectivity index (χ0) is 18.2. The lowest BCUT2D eigenvalue weighted by molar-refractivity contribution is -0.326. The van der Waals surface area contributed by atoms with Crippen LogP contribution in [0.4, 0.5) is 0 Å². The number of aliphatic hydroxyl groups is 1. The molecule has 0 atom stereocenters. The predicted octanol–water partition coefficient (Wildman–Crippen LogP) is 1.77. The number of carbonyl (C=O) groups is 3. The van der Waals surface area contributed by atoms with E-state index < -0.39 is 23.9 Å². The van der Waals surface area contributed by atoms with Gasteiger partial charge in [0, 0.05) is 16.7 Å². The molecule has 0 saturated heterocycles. The second kappa shape index (κ2) is 8.89. The van der Waals surface area contributed by atoms with Gasteiger partial charge in [0.25, 0.3) is 0 Å². The van der Waals surface area contributed by atoms with Gasteiger partial charge in [-0.05, 0) is 26.8 Å². The highest BCUT2D eigenvalue weighted by molar-refractivity contribution is 5.90. The summed E-state index contributed by atoms with van der Waals surface area (Å²) in [6, 6.07) is 0. The van der Waals surface area contributed by atoms with Crippen molar-refractivity contribution in [3.05, 3.63) is 36.0 Å². The Hall–Kier alpha value is -2.41. The predicted molar refractivity (Wildman–Crippen MR) is 81.8 cm³/mol. The first-order chi connectivity index (χ1) is 10.6. The Bertz CT molecular complexity index is 515. The van der Waals surface area contributed by atoms with Gasteiger partial charge in [0.15, 0.2) is 0 Å². The molecule has 0 rings (SSSR count). The molecule has 0 saturated carbocycles. The van der Waals surface area contributed by atoms with E-state index in [1.54, 1.807) is 0 Å². The van der Waals surface area contributed by atoms with Crippen molar-refractivity contribution in [2.24, 2.45) is 0 Å². The third-order valence-electron chi connectivity index (χ3n) is 2.59. The van der Waals surface area contributed by atoms with E-state index in [0.29, 0.717) is 0 Å². The van der Waals surface area contributed by atoms with Gasteiger partial charge in [-0.1, -0.05) is 20.1 Å². The van der Waals surface area contributed by atoms with Crippen molar-refractivity contribution in [1.29, 1.82) is 0 Å². The van der Waals surface area contributed by atoms with Crippen molar-refractivity contribution in [3.63, 3.8) is 0 Å². The maximum absolute atomic E-state index is 12.0. The normalized spacial score (nSPS) is 11.4. The summed E-state index contributed by atoms with van der Waals surface area (Å²) in [7, 11) is 0. The number of carbonyl (C=O) groups excluding carboxylic acids is 3. The number of esters is 3. The molecule has 0 amide bonds. The zero-order valence-corrected chi connectivity index (χ0v) is 13.8. The van der Waals surface area contributed by atoms with Crippen LogP contribution in [0.5, 0.6) is 0 Å². The van der Waals surface area contributed by atoms with Gasteiger partial charge in [-0.15, -0.1) is 0 Å². The summed E-state index contributed by atoms with van der Waals surface area (Å²) >= 11 is 0. The van der Waals surface area contributed by atoms with Crippen molar-refractivity contribution in [3.8, 4) is 0 Å². The first-order valence-corrected chi connectivity index (χ1v) is 6.87. The lowest BCUT2D eigenvalue weighted by Gasteiger charge is -2.30. The fourth-order valence-corrected chi connectivity index (χ4v) is 1.18. The molecule has 0 radical (unpaired) electrons. The first kappa shape index (κ1) is 20.6. The molecular weight excluding hydrogens is 304 g/mol. The van der Waals surface area contributed by atoms with E-state index in [4.69, 9.17) is 19.3 Å². The van der Waals surface area contributed by atoms with E-state index in [0.717, 1.165) is 0 Å². The molecule has 23 heavy (non-hydrogen) atoms. The minimum Gasteiger partial charge on any atom is -0.392 e. The van der Waals surface area contributed by atoms with Crippen molar-refractivity contribution in [2.45, 2.75) is 40.1 Å². The van der Waals surface area contributed by atoms with Crippen LogP contribution >= 0.6 is 0 Å². The van der Waals surface area contributed by atoms with Crippen LogP contribution in [-0.4, -0.2) is 35.6 Å². The number of hydrogen-bond acceptors (Lipinski definition) is 7. The second-order valence-corrected chi connectivity index (χ2v) is 4.84. The van der Waals surface area contributed by atoms with E-state index in [-0.39, 0.29) is 29.7 Å². The van der Waals surface area contributed by atoms with E-state index in [1.165, 1.54) is 33.8 Å². The van der Waals surface area contributed by atoms with Crippen LogP contribution in [0.2, 0.25) is 0 Å². The van der Waals surface area contributed by atoms with E-state index >= 15 is 0 Å². The lowest BCUT2D eigenvalue weighted by atomic mass is 10.3. The molecule has 1 N–H and O–H groups in total. The number of ether oxygens (including phenoxy) is 3. The highest BCUT2D eigenvalue weighted by atomic mass is 16.9. The molecule has 0 fully saturated rings. The third-order valence-corrected chi connectivity index (χ3v) is 2.59. The van der Waals surface area contributed by atoms with E-state index in [1.807, 2.05) is 0 Å². The number of aliphatic hydroxyl groups excluding tert-OH is 1. The van der Waals surface area contributed by atoms with Gasteiger partial charge in [0.05, 0.1) is 13.0 Å². The summed E-state index contributed by atoms with van der Waals surface area (Å²) in [5, 5.41) is 8.80. The average molecular weight is 326 g/mol. The summed E-state index contributed by atoms with van der Waals surface area (Å²) in [6.45, 7) is 12.1. The van der Waals surface area contributed by atoms with Crippen LogP contribution < -0.4 is 0 Å². The Balaban J connectivity index is 5.56. The van der Waals surface area contributed by atoms with Gasteiger partial charge >= 0.3 is 23.9 Å². The van der Waals surface area contributed by atoms with Crippen LogP contribution in [-0.2, 0) is 28.6 Å². The Labute approximate surface area is 135 Å². The molecule has 0 aromatic carbocycles. The van der Waals surface area contributed by atoms with Gasteiger partial charge in [-0.25, -0.2) is 14.4 Å². The summed E-state index contributed by atoms with van der Waals surface area (Å²) in [4.78, 5) is 35.5. The maximum atomic E-state index is 12.0. The minimum atomic E-state index is -2.24. The SMILES string of the molecule is C=C(C)C(=O)OC(CC)(OC(=O)C(=C)C)OC(=O)/C(C)=C/CO. The maximum Gasteiger partial charge on any atom is 0.423 e. The van der Waals surface area contributed by atoms with Crippen molar-refractivity contribution >= 4 is 17.9 Å². The smallest absolute Gasteiger partial charge is 0.392 e. The Kier molecular flexibility index (Phi) is 7.96. The van der Waals surface area contributed by atoms with Crippen LogP contribution in [0, 0.1) is 0 Å². The van der Waals surface area contributed by atoms with Crippen LogP contribution in [0.25, 0.3) is 0 Å². The summed E-state index contributed by atoms with van der Waals surface area (Å²) < 4.78 is 15.1. The molecule has 0 aliphatic carbocycles. The fraction of sp³-hybridized carbons (Fsp3) is 0.438. The molecule has 0 aromatic rings. The second-order valence-electron chi connectivity index (χ2n) is 4.84. The lowest BCUT2D eigenvalue weighted by Crippen LogP contribution is -2.44. The molecule has 0 aliphatic rings. The zero-order valence-electron chi connectivity index (χ0n) is 13.8. The fourth-order valence-electron chi connectivity index (χ4n) is 1.18. The molecule has 0 aromatic heterocycles. The largest absolute Gasteiger partial charge is 0.423 e. The number of rotatable bonds is 8. The van der Waals surface area contributed by atoms with Crippen molar-refractivity contribution in [2.75, 3.05) is 6.61 Å². The molecule has 0 aliphatic heterocycles. The van der Waals surface area contributed by atoms with Crippen molar-refractivity contribution in [1.82, 2.24) is 0 Å². The molecular formula is C16H22O7. The van der Waals surface area contributed by atoms with Crippen LogP contribution in [0.3, 0.4) is 0 Å². The summed E-state index contributed by atoms with van der Waals surface area (Å²) in [5.74, 6) is -4.94. The van der Waals surface area contributed by atoms with Gasteiger partial charge < -0.3 is 19.3 Å². The minimum absolute atomic E-state index is 0.0351. The van der Waals surface area contributed by atoms with Gasteiger partial charge in [-0.3, -0.25) is 0 Å². The topological polar surface area (TPSA) is 99.1 Å². The molecule has 7 heteroatoms. The molecule has 0 heterocycles. The molecule has 7 nitrogen and oxygen atoms in total. The number of hydrogen-bond donors (Lipinski definition) is 1. The average Bonchev–Trinajstić information content (AvgIpc) is 2.46. The van der Waals surface area contributed by atoms with E-state index in [2.05, 4.69) is 13.2 Å². The van der Waals surface area contributed by atoms with E-state index in [9.17, 15) is 14.4 Å². The molecule has 0 spiro atoms. The first-order valence-electron chi connectivity index (χ1n) is 6.87. The molecule has 0 unspecified atom stereocenters.